The quantitative estimate of drug-likeness (QED) is 0.543. The van der Waals surface area contributed by atoms with Crippen molar-refractivity contribution >= 4 is 27.9 Å². The Labute approximate surface area is 163 Å². The first-order valence-corrected chi connectivity index (χ1v) is 10.3. The fourth-order valence-electron chi connectivity index (χ4n) is 2.31. The summed E-state index contributed by atoms with van der Waals surface area (Å²) in [6.07, 6.45) is 6.08. The van der Waals surface area contributed by atoms with Gasteiger partial charge < -0.3 is 15.1 Å². The molecule has 2 amide bonds. The maximum Gasteiger partial charge on any atom is 0.244 e. The molecule has 0 aliphatic heterocycles. The van der Waals surface area contributed by atoms with Gasteiger partial charge in [-0.15, -0.1) is 0 Å². The third-order valence-corrected chi connectivity index (χ3v) is 5.52. The van der Waals surface area contributed by atoms with E-state index in [2.05, 4.69) is 15.4 Å². The van der Waals surface area contributed by atoms with Crippen LogP contribution in [0.25, 0.3) is 6.08 Å². The lowest BCUT2D eigenvalue weighted by atomic mass is 10.2. The monoisotopic (exact) mass is 403 g/mol. The molecule has 0 saturated heterocycles. The Hall–Kier alpha value is -2.91. The Morgan fingerprint density at radius 3 is 2.50 bits per heavy atom. The van der Waals surface area contributed by atoms with Gasteiger partial charge in [-0.3, -0.25) is 9.59 Å². The normalized spacial score (nSPS) is 14.1. The molecule has 0 atom stereocenters. The molecule has 1 aromatic carbocycles. The molecule has 28 heavy (non-hydrogen) atoms. The van der Waals surface area contributed by atoms with E-state index >= 15 is 0 Å². The topological polar surface area (TPSA) is 118 Å². The molecule has 1 aliphatic carbocycles. The summed E-state index contributed by atoms with van der Waals surface area (Å²) in [6, 6.07) is 9.71. The molecule has 1 fully saturated rings. The van der Waals surface area contributed by atoms with Gasteiger partial charge in [-0.2, -0.15) is 0 Å². The summed E-state index contributed by atoms with van der Waals surface area (Å²) in [6.45, 7) is 0.0936. The second kappa shape index (κ2) is 8.85. The minimum atomic E-state index is -3.49. The van der Waals surface area contributed by atoms with Crippen LogP contribution in [0.3, 0.4) is 0 Å². The molecular formula is C19H21N3O5S. The first-order chi connectivity index (χ1) is 13.4. The van der Waals surface area contributed by atoms with Crippen molar-refractivity contribution in [3.05, 3.63) is 60.1 Å². The number of sulfonamides is 1. The van der Waals surface area contributed by atoms with Gasteiger partial charge in [0.15, 0.2) is 0 Å². The maximum absolute atomic E-state index is 12.1. The number of nitrogens with one attached hydrogen (secondary N) is 3. The predicted octanol–water partition coefficient (Wildman–Crippen LogP) is 1.17. The van der Waals surface area contributed by atoms with Crippen LogP contribution in [0.1, 0.15) is 24.2 Å². The summed E-state index contributed by atoms with van der Waals surface area (Å²) in [5.74, 6) is -0.145. The summed E-state index contributed by atoms with van der Waals surface area (Å²) in [4.78, 5) is 23.7. The summed E-state index contributed by atoms with van der Waals surface area (Å²) in [7, 11) is -3.49. The standard InChI is InChI=1S/C19H21N3O5S/c23-18(21-13-19(24)20-12-16-2-1-11-27-16)10-5-14-3-8-17(9-4-14)28(25,26)22-15-6-7-15/h1-5,8-11,15,22H,6-7,12-13H2,(H,20,24)(H,21,23)/b10-5+. The van der Waals surface area contributed by atoms with Crippen molar-refractivity contribution in [3.63, 3.8) is 0 Å². The highest BCUT2D eigenvalue weighted by molar-refractivity contribution is 7.89. The van der Waals surface area contributed by atoms with Gasteiger partial charge in [0.2, 0.25) is 21.8 Å². The second-order valence-corrected chi connectivity index (χ2v) is 8.09. The Kier molecular flexibility index (Phi) is 6.27. The van der Waals surface area contributed by atoms with Crippen molar-refractivity contribution in [2.24, 2.45) is 0 Å². The van der Waals surface area contributed by atoms with Crippen molar-refractivity contribution in [2.75, 3.05) is 6.54 Å². The third kappa shape index (κ3) is 6.07. The third-order valence-electron chi connectivity index (χ3n) is 3.98. The molecule has 1 aromatic heterocycles. The number of amides is 2. The molecule has 8 nitrogen and oxygen atoms in total. The lowest BCUT2D eigenvalue weighted by Gasteiger charge is -2.05. The smallest absolute Gasteiger partial charge is 0.244 e. The number of hydrogen-bond donors (Lipinski definition) is 3. The molecule has 9 heteroatoms. The van der Waals surface area contributed by atoms with Gasteiger partial charge in [0.05, 0.1) is 24.2 Å². The van der Waals surface area contributed by atoms with Gasteiger partial charge in [-0.1, -0.05) is 12.1 Å². The van der Waals surface area contributed by atoms with E-state index in [4.69, 9.17) is 4.42 Å². The molecule has 148 valence electrons. The molecule has 1 aliphatic rings. The number of carbonyl (C=O) groups is 2. The van der Waals surface area contributed by atoms with E-state index in [0.29, 0.717) is 11.3 Å². The Morgan fingerprint density at radius 1 is 1.11 bits per heavy atom. The molecule has 0 bridgehead atoms. The number of hydrogen-bond acceptors (Lipinski definition) is 5. The summed E-state index contributed by atoms with van der Waals surface area (Å²) in [5.41, 5.74) is 0.669. The Bertz CT molecular complexity index is 946. The van der Waals surface area contributed by atoms with Gasteiger partial charge in [0.1, 0.15) is 5.76 Å². The number of carbonyl (C=O) groups excluding carboxylic acids is 2. The number of rotatable bonds is 9. The lowest BCUT2D eigenvalue weighted by molar-refractivity contribution is -0.124. The molecule has 3 rings (SSSR count). The van der Waals surface area contributed by atoms with Crippen LogP contribution in [-0.4, -0.2) is 32.8 Å². The number of furan rings is 1. The van der Waals surface area contributed by atoms with Gasteiger partial charge in [0, 0.05) is 12.1 Å². The van der Waals surface area contributed by atoms with E-state index in [1.807, 2.05) is 0 Å². The van der Waals surface area contributed by atoms with Crippen molar-refractivity contribution in [2.45, 2.75) is 30.3 Å². The van der Waals surface area contributed by atoms with E-state index in [0.717, 1.165) is 12.8 Å². The van der Waals surface area contributed by atoms with Crippen LogP contribution in [0.15, 0.2) is 58.1 Å². The van der Waals surface area contributed by atoms with Crippen molar-refractivity contribution in [1.29, 1.82) is 0 Å². The predicted molar refractivity (Wildman–Crippen MR) is 102 cm³/mol. The molecule has 0 unspecified atom stereocenters. The molecule has 0 radical (unpaired) electrons. The molecule has 2 aromatic rings. The highest BCUT2D eigenvalue weighted by atomic mass is 32.2. The first-order valence-electron chi connectivity index (χ1n) is 8.80. The minimum absolute atomic E-state index is 0.0459. The SMILES string of the molecule is O=C(/C=C/c1ccc(S(=O)(=O)NC2CC2)cc1)NCC(=O)NCc1ccco1. The maximum atomic E-state index is 12.1. The summed E-state index contributed by atoms with van der Waals surface area (Å²) in [5, 5.41) is 5.09. The highest BCUT2D eigenvalue weighted by Crippen LogP contribution is 2.22. The van der Waals surface area contributed by atoms with E-state index in [1.165, 1.54) is 24.5 Å². The van der Waals surface area contributed by atoms with Crippen molar-refractivity contribution in [3.8, 4) is 0 Å². The fraction of sp³-hybridized carbons (Fsp3) is 0.263. The first kappa shape index (κ1) is 19.8. The average molecular weight is 403 g/mol. The van der Waals surface area contributed by atoms with Crippen LogP contribution in [0.4, 0.5) is 0 Å². The van der Waals surface area contributed by atoms with E-state index in [9.17, 15) is 18.0 Å². The van der Waals surface area contributed by atoms with Crippen LogP contribution < -0.4 is 15.4 Å². The largest absolute Gasteiger partial charge is 0.467 e. The zero-order chi connectivity index (χ0) is 20.0. The van der Waals surface area contributed by atoms with Gasteiger partial charge in [-0.25, -0.2) is 13.1 Å². The molecular weight excluding hydrogens is 382 g/mol. The minimum Gasteiger partial charge on any atom is -0.467 e. The molecule has 1 heterocycles. The second-order valence-electron chi connectivity index (χ2n) is 6.37. The zero-order valence-electron chi connectivity index (χ0n) is 15.1. The average Bonchev–Trinajstić information content (AvgIpc) is 3.32. The van der Waals surface area contributed by atoms with Gasteiger partial charge >= 0.3 is 0 Å². The summed E-state index contributed by atoms with van der Waals surface area (Å²) >= 11 is 0. The molecule has 1 saturated carbocycles. The Morgan fingerprint density at radius 2 is 1.86 bits per heavy atom. The molecule has 0 spiro atoms. The van der Waals surface area contributed by atoms with E-state index < -0.39 is 15.9 Å². The van der Waals surface area contributed by atoms with E-state index in [-0.39, 0.29) is 29.9 Å². The lowest BCUT2D eigenvalue weighted by Crippen LogP contribution is -2.35. The van der Waals surface area contributed by atoms with Crippen LogP contribution in [0, 0.1) is 0 Å². The van der Waals surface area contributed by atoms with Crippen molar-refractivity contribution in [1.82, 2.24) is 15.4 Å². The van der Waals surface area contributed by atoms with Gasteiger partial charge in [0.25, 0.3) is 0 Å². The summed E-state index contributed by atoms with van der Waals surface area (Å²) < 4.78 is 31.9. The van der Waals surface area contributed by atoms with Crippen molar-refractivity contribution < 1.29 is 22.4 Å². The highest BCUT2D eigenvalue weighted by Gasteiger charge is 2.27. The Balaban J connectivity index is 1.43. The zero-order valence-corrected chi connectivity index (χ0v) is 15.9. The fourth-order valence-corrected chi connectivity index (χ4v) is 3.61. The van der Waals surface area contributed by atoms with Crippen LogP contribution in [-0.2, 0) is 26.2 Å². The van der Waals surface area contributed by atoms with Crippen LogP contribution >= 0.6 is 0 Å². The number of benzene rings is 1. The van der Waals surface area contributed by atoms with Crippen LogP contribution in [0.5, 0.6) is 0 Å². The molecule has 3 N–H and O–H groups in total. The van der Waals surface area contributed by atoms with Crippen LogP contribution in [0.2, 0.25) is 0 Å². The van der Waals surface area contributed by atoms with E-state index in [1.54, 1.807) is 30.3 Å². The van der Waals surface area contributed by atoms with Gasteiger partial charge in [-0.05, 0) is 48.7 Å².